The van der Waals surface area contributed by atoms with Crippen molar-refractivity contribution >= 4 is 27.5 Å². The molecule has 1 aromatic carbocycles. The van der Waals surface area contributed by atoms with Crippen LogP contribution in [0.1, 0.15) is 26.2 Å². The molecule has 0 radical (unpaired) electrons. The van der Waals surface area contributed by atoms with Gasteiger partial charge in [0.05, 0.1) is 11.1 Å². The number of hydrogen-bond acceptors (Lipinski definition) is 2. The van der Waals surface area contributed by atoms with Gasteiger partial charge in [-0.2, -0.15) is 0 Å². The van der Waals surface area contributed by atoms with E-state index < -0.39 is 11.2 Å². The van der Waals surface area contributed by atoms with Gasteiger partial charge in [-0.1, -0.05) is 12.5 Å². The third-order valence-electron chi connectivity index (χ3n) is 3.75. The molecule has 0 heterocycles. The number of carbonyl (C=O) groups is 1. The maximum atomic E-state index is 13.6. The summed E-state index contributed by atoms with van der Waals surface area (Å²) in [7, 11) is 0. The number of nitrogens with two attached hydrogens (primary N) is 1. The number of carbonyl (C=O) groups excluding carboxylic acids is 1. The van der Waals surface area contributed by atoms with E-state index >= 15 is 0 Å². The van der Waals surface area contributed by atoms with Crippen molar-refractivity contribution in [3.05, 3.63) is 28.5 Å². The fraction of sp³-hybridized carbons (Fsp3) is 0.462. The van der Waals surface area contributed by atoms with Crippen LogP contribution >= 0.6 is 15.9 Å². The Kier molecular flexibility index (Phi) is 3.73. The topological polar surface area (TPSA) is 55.1 Å². The number of hydrogen-bond donors (Lipinski definition) is 2. The van der Waals surface area contributed by atoms with Crippen LogP contribution in [0.25, 0.3) is 0 Å². The first kappa shape index (κ1) is 13.5. The van der Waals surface area contributed by atoms with E-state index in [1.807, 2.05) is 6.92 Å². The molecule has 2 unspecified atom stereocenters. The summed E-state index contributed by atoms with van der Waals surface area (Å²) >= 11 is 3.23. The monoisotopic (exact) mass is 314 g/mol. The van der Waals surface area contributed by atoms with Crippen molar-refractivity contribution in [2.24, 2.45) is 11.1 Å². The van der Waals surface area contributed by atoms with E-state index in [0.717, 1.165) is 19.3 Å². The van der Waals surface area contributed by atoms with Gasteiger partial charge in [0.1, 0.15) is 5.82 Å². The summed E-state index contributed by atoms with van der Waals surface area (Å²) in [6.45, 7) is 1.84. The molecule has 2 rings (SSSR count). The van der Waals surface area contributed by atoms with Crippen LogP contribution in [0.3, 0.4) is 0 Å². The molecule has 0 aromatic heterocycles. The molecule has 1 saturated carbocycles. The first-order valence-electron chi connectivity index (χ1n) is 5.96. The van der Waals surface area contributed by atoms with E-state index in [0.29, 0.717) is 4.47 Å². The van der Waals surface area contributed by atoms with Crippen molar-refractivity contribution in [1.29, 1.82) is 0 Å². The van der Waals surface area contributed by atoms with E-state index in [9.17, 15) is 9.18 Å². The van der Waals surface area contributed by atoms with Gasteiger partial charge in [-0.3, -0.25) is 4.79 Å². The summed E-state index contributed by atoms with van der Waals surface area (Å²) in [5, 5.41) is 2.65. The zero-order valence-corrected chi connectivity index (χ0v) is 11.8. The predicted octanol–water partition coefficient (Wildman–Crippen LogP) is 3.04. The van der Waals surface area contributed by atoms with Crippen molar-refractivity contribution in [2.75, 3.05) is 5.32 Å². The largest absolute Gasteiger partial charge is 0.327 e. The van der Waals surface area contributed by atoms with E-state index in [2.05, 4.69) is 21.2 Å². The lowest BCUT2D eigenvalue weighted by Gasteiger charge is -2.27. The van der Waals surface area contributed by atoms with Crippen molar-refractivity contribution in [1.82, 2.24) is 0 Å². The minimum Gasteiger partial charge on any atom is -0.327 e. The minimum absolute atomic E-state index is 0.164. The van der Waals surface area contributed by atoms with Crippen molar-refractivity contribution in [3.63, 3.8) is 0 Å². The molecule has 3 N–H and O–H groups in total. The first-order chi connectivity index (χ1) is 8.45. The zero-order valence-electron chi connectivity index (χ0n) is 10.2. The lowest BCUT2D eigenvalue weighted by Crippen LogP contribution is -2.44. The zero-order chi connectivity index (χ0) is 13.3. The van der Waals surface area contributed by atoms with Gasteiger partial charge in [0, 0.05) is 10.5 Å². The standard InChI is InChI=1S/C13H16BrFN2O/c1-13(7-3-6-10(13)16)12(18)17-11-8(14)4-2-5-9(11)15/h2,4-5,10H,3,6-7,16H2,1H3,(H,17,18). The molecule has 2 atom stereocenters. The van der Waals surface area contributed by atoms with E-state index in [1.165, 1.54) is 6.07 Å². The molecule has 3 nitrogen and oxygen atoms in total. The Hall–Kier alpha value is -0.940. The molecule has 1 amide bonds. The molecule has 5 heteroatoms. The van der Waals surface area contributed by atoms with Gasteiger partial charge in [-0.15, -0.1) is 0 Å². The van der Waals surface area contributed by atoms with Gasteiger partial charge in [-0.05, 0) is 47.8 Å². The Bertz CT molecular complexity index is 460. The molecule has 98 valence electrons. The predicted molar refractivity (Wildman–Crippen MR) is 72.7 cm³/mol. The Morgan fingerprint density at radius 3 is 2.89 bits per heavy atom. The molecular weight excluding hydrogens is 299 g/mol. The highest BCUT2D eigenvalue weighted by Crippen LogP contribution is 2.38. The Morgan fingerprint density at radius 1 is 1.61 bits per heavy atom. The second kappa shape index (κ2) is 4.97. The number of para-hydroxylation sites is 1. The average molecular weight is 315 g/mol. The normalized spacial score (nSPS) is 27.2. The summed E-state index contributed by atoms with van der Waals surface area (Å²) in [4.78, 5) is 12.3. The summed E-state index contributed by atoms with van der Waals surface area (Å²) in [5.74, 6) is -0.661. The van der Waals surface area contributed by atoms with E-state index in [4.69, 9.17) is 5.73 Å². The number of benzene rings is 1. The van der Waals surface area contributed by atoms with E-state index in [-0.39, 0.29) is 17.6 Å². The smallest absolute Gasteiger partial charge is 0.231 e. The molecule has 0 bridgehead atoms. The van der Waals surface area contributed by atoms with Crippen LogP contribution in [-0.4, -0.2) is 11.9 Å². The van der Waals surface area contributed by atoms with Gasteiger partial charge >= 0.3 is 0 Å². The van der Waals surface area contributed by atoms with Crippen LogP contribution in [-0.2, 0) is 4.79 Å². The molecule has 0 spiro atoms. The van der Waals surface area contributed by atoms with Crippen LogP contribution in [0.4, 0.5) is 10.1 Å². The van der Waals surface area contributed by atoms with Crippen molar-refractivity contribution in [3.8, 4) is 0 Å². The van der Waals surface area contributed by atoms with Crippen molar-refractivity contribution in [2.45, 2.75) is 32.2 Å². The van der Waals surface area contributed by atoms with Crippen LogP contribution in [0, 0.1) is 11.2 Å². The van der Waals surface area contributed by atoms with Gasteiger partial charge in [-0.25, -0.2) is 4.39 Å². The second-order valence-electron chi connectivity index (χ2n) is 4.97. The molecule has 18 heavy (non-hydrogen) atoms. The molecule has 1 aliphatic rings. The SMILES string of the molecule is CC1(C(=O)Nc2c(F)cccc2Br)CCCC1N. The van der Waals surface area contributed by atoms with Crippen LogP contribution in [0.2, 0.25) is 0 Å². The fourth-order valence-electron chi connectivity index (χ4n) is 2.35. The highest BCUT2D eigenvalue weighted by atomic mass is 79.9. The van der Waals surface area contributed by atoms with E-state index in [1.54, 1.807) is 12.1 Å². The van der Waals surface area contributed by atoms with Gasteiger partial charge in [0.15, 0.2) is 0 Å². The second-order valence-corrected chi connectivity index (χ2v) is 5.82. The third kappa shape index (κ3) is 2.29. The summed E-state index contributed by atoms with van der Waals surface area (Å²) in [6, 6.07) is 4.42. The molecule has 1 fully saturated rings. The maximum absolute atomic E-state index is 13.6. The van der Waals surface area contributed by atoms with Crippen LogP contribution < -0.4 is 11.1 Å². The average Bonchev–Trinajstić information content (AvgIpc) is 2.66. The molecular formula is C13H16BrFN2O. The number of halogens is 2. The summed E-state index contributed by atoms with van der Waals surface area (Å²) < 4.78 is 14.2. The number of nitrogens with one attached hydrogen (secondary N) is 1. The molecule has 1 aromatic rings. The number of amides is 1. The Morgan fingerprint density at radius 2 is 2.33 bits per heavy atom. The Labute approximate surface area is 114 Å². The minimum atomic E-state index is -0.609. The third-order valence-corrected chi connectivity index (χ3v) is 4.41. The van der Waals surface area contributed by atoms with Gasteiger partial charge < -0.3 is 11.1 Å². The maximum Gasteiger partial charge on any atom is 0.231 e. The number of rotatable bonds is 2. The van der Waals surface area contributed by atoms with Gasteiger partial charge in [0.25, 0.3) is 0 Å². The quantitative estimate of drug-likeness (QED) is 0.881. The lowest BCUT2D eigenvalue weighted by atomic mass is 9.84. The lowest BCUT2D eigenvalue weighted by molar-refractivity contribution is -0.125. The van der Waals surface area contributed by atoms with Crippen LogP contribution in [0.15, 0.2) is 22.7 Å². The summed E-state index contributed by atoms with van der Waals surface area (Å²) in [6.07, 6.45) is 2.51. The van der Waals surface area contributed by atoms with Crippen molar-refractivity contribution < 1.29 is 9.18 Å². The van der Waals surface area contributed by atoms with Gasteiger partial charge in [0.2, 0.25) is 5.91 Å². The summed E-state index contributed by atoms with van der Waals surface area (Å²) in [5.41, 5.74) is 5.55. The van der Waals surface area contributed by atoms with Crippen LogP contribution in [0.5, 0.6) is 0 Å². The molecule has 0 saturated heterocycles. The first-order valence-corrected chi connectivity index (χ1v) is 6.75. The molecule has 1 aliphatic carbocycles. The highest BCUT2D eigenvalue weighted by molar-refractivity contribution is 9.10. The highest BCUT2D eigenvalue weighted by Gasteiger charge is 2.43. The molecule has 0 aliphatic heterocycles. The number of anilines is 1. The Balaban J connectivity index is 2.22. The fourth-order valence-corrected chi connectivity index (χ4v) is 2.79.